The SMILES string of the molecule is COC(=O)C(C)C1C=Cc2ccc3ccccc3c21. The summed E-state index contributed by atoms with van der Waals surface area (Å²) in [5, 5.41) is 2.44. The van der Waals surface area contributed by atoms with Crippen molar-refractivity contribution in [2.45, 2.75) is 12.8 Å². The zero-order valence-electron chi connectivity index (χ0n) is 11.1. The Morgan fingerprint density at radius 3 is 2.79 bits per heavy atom. The summed E-state index contributed by atoms with van der Waals surface area (Å²) in [5.74, 6) is -0.211. The van der Waals surface area contributed by atoms with Crippen molar-refractivity contribution >= 4 is 22.8 Å². The number of fused-ring (bicyclic) bond motifs is 3. The van der Waals surface area contributed by atoms with Gasteiger partial charge in [-0.15, -0.1) is 0 Å². The first-order chi connectivity index (χ1) is 9.22. The second-order valence-electron chi connectivity index (χ2n) is 4.99. The number of ether oxygens (including phenoxy) is 1. The van der Waals surface area contributed by atoms with Crippen molar-refractivity contribution in [3.63, 3.8) is 0 Å². The minimum atomic E-state index is -0.159. The van der Waals surface area contributed by atoms with E-state index in [0.717, 1.165) is 0 Å². The highest BCUT2D eigenvalue weighted by Crippen LogP contribution is 2.40. The van der Waals surface area contributed by atoms with Crippen LogP contribution in [0.2, 0.25) is 0 Å². The van der Waals surface area contributed by atoms with E-state index < -0.39 is 0 Å². The molecule has 19 heavy (non-hydrogen) atoms. The molecule has 0 aromatic heterocycles. The summed E-state index contributed by atoms with van der Waals surface area (Å²) in [6.45, 7) is 1.93. The van der Waals surface area contributed by atoms with Crippen LogP contribution in [0.1, 0.15) is 24.0 Å². The van der Waals surface area contributed by atoms with E-state index in [9.17, 15) is 4.79 Å². The van der Waals surface area contributed by atoms with E-state index in [2.05, 4.69) is 36.4 Å². The number of carbonyl (C=O) groups is 1. The fraction of sp³-hybridized carbons (Fsp3) is 0.235. The lowest BCUT2D eigenvalue weighted by Crippen LogP contribution is -2.19. The summed E-state index contributed by atoms with van der Waals surface area (Å²) in [5.41, 5.74) is 2.45. The smallest absolute Gasteiger partial charge is 0.309 e. The van der Waals surface area contributed by atoms with Crippen LogP contribution in [0.25, 0.3) is 16.8 Å². The van der Waals surface area contributed by atoms with Crippen LogP contribution in [0, 0.1) is 5.92 Å². The van der Waals surface area contributed by atoms with E-state index in [-0.39, 0.29) is 17.8 Å². The first kappa shape index (κ1) is 12.0. The highest BCUT2D eigenvalue weighted by atomic mass is 16.5. The van der Waals surface area contributed by atoms with Gasteiger partial charge in [0.1, 0.15) is 0 Å². The van der Waals surface area contributed by atoms with E-state index in [0.29, 0.717) is 0 Å². The lowest BCUT2D eigenvalue weighted by molar-refractivity contribution is -0.145. The lowest BCUT2D eigenvalue weighted by Gasteiger charge is -2.19. The van der Waals surface area contributed by atoms with Gasteiger partial charge in [-0.05, 0) is 21.9 Å². The maximum atomic E-state index is 11.8. The molecule has 0 N–H and O–H groups in total. The van der Waals surface area contributed by atoms with Crippen molar-refractivity contribution in [3.05, 3.63) is 53.6 Å². The van der Waals surface area contributed by atoms with Gasteiger partial charge in [-0.2, -0.15) is 0 Å². The van der Waals surface area contributed by atoms with Crippen LogP contribution in [-0.4, -0.2) is 13.1 Å². The Morgan fingerprint density at radius 1 is 1.21 bits per heavy atom. The normalized spacial score (nSPS) is 18.3. The van der Waals surface area contributed by atoms with Gasteiger partial charge in [-0.1, -0.05) is 55.5 Å². The topological polar surface area (TPSA) is 26.3 Å². The summed E-state index contributed by atoms with van der Waals surface area (Å²) in [6.07, 6.45) is 4.21. The Bertz CT molecular complexity index is 670. The minimum Gasteiger partial charge on any atom is -0.469 e. The molecular weight excluding hydrogens is 236 g/mol. The molecular formula is C17H16O2. The number of methoxy groups -OCH3 is 1. The molecule has 2 aromatic rings. The van der Waals surface area contributed by atoms with Crippen molar-refractivity contribution in [3.8, 4) is 0 Å². The Labute approximate surface area is 112 Å². The Hall–Kier alpha value is -2.09. The van der Waals surface area contributed by atoms with E-state index in [1.807, 2.05) is 19.1 Å². The predicted molar refractivity (Wildman–Crippen MR) is 76.9 cm³/mol. The molecule has 0 fully saturated rings. The molecule has 0 amide bonds. The summed E-state index contributed by atoms with van der Waals surface area (Å²) >= 11 is 0. The Kier molecular flexibility index (Phi) is 2.86. The molecule has 1 aliphatic carbocycles. The third-order valence-electron chi connectivity index (χ3n) is 3.93. The number of carbonyl (C=O) groups excluding carboxylic acids is 1. The van der Waals surface area contributed by atoms with Crippen LogP contribution < -0.4 is 0 Å². The number of esters is 1. The van der Waals surface area contributed by atoms with Gasteiger partial charge in [0.05, 0.1) is 13.0 Å². The van der Waals surface area contributed by atoms with E-state index >= 15 is 0 Å². The third-order valence-corrected chi connectivity index (χ3v) is 3.93. The molecule has 2 unspecified atom stereocenters. The molecule has 0 radical (unpaired) electrons. The standard InChI is InChI=1S/C17H16O2/c1-11(17(18)19-2)14-10-9-13-8-7-12-5-3-4-6-15(12)16(13)14/h3-11,14H,1-2H3. The van der Waals surface area contributed by atoms with Crippen molar-refractivity contribution in [2.24, 2.45) is 5.92 Å². The van der Waals surface area contributed by atoms with Crippen molar-refractivity contribution in [2.75, 3.05) is 7.11 Å². The molecule has 0 bridgehead atoms. The quantitative estimate of drug-likeness (QED) is 0.761. The molecule has 2 heteroatoms. The monoisotopic (exact) mass is 252 g/mol. The van der Waals surface area contributed by atoms with Crippen molar-refractivity contribution in [1.82, 2.24) is 0 Å². The van der Waals surface area contributed by atoms with Crippen LogP contribution >= 0.6 is 0 Å². The minimum absolute atomic E-state index is 0.105. The largest absolute Gasteiger partial charge is 0.469 e. The summed E-state index contributed by atoms with van der Waals surface area (Å²) in [4.78, 5) is 11.8. The number of hydrogen-bond acceptors (Lipinski definition) is 2. The van der Waals surface area contributed by atoms with Gasteiger partial charge in [0.15, 0.2) is 0 Å². The molecule has 3 rings (SSSR count). The second-order valence-corrected chi connectivity index (χ2v) is 4.99. The molecule has 0 saturated carbocycles. The van der Waals surface area contributed by atoms with Gasteiger partial charge in [0.25, 0.3) is 0 Å². The van der Waals surface area contributed by atoms with Crippen LogP contribution in [0.15, 0.2) is 42.5 Å². The first-order valence-corrected chi connectivity index (χ1v) is 6.50. The fourth-order valence-electron chi connectivity index (χ4n) is 2.88. The van der Waals surface area contributed by atoms with Gasteiger partial charge < -0.3 is 4.74 Å². The number of allylic oxidation sites excluding steroid dienone is 1. The highest BCUT2D eigenvalue weighted by molar-refractivity contribution is 5.92. The van der Waals surface area contributed by atoms with E-state index in [1.54, 1.807) is 0 Å². The maximum absolute atomic E-state index is 11.8. The zero-order valence-corrected chi connectivity index (χ0v) is 11.1. The first-order valence-electron chi connectivity index (χ1n) is 6.50. The molecule has 2 atom stereocenters. The molecule has 0 spiro atoms. The average Bonchev–Trinajstić information content (AvgIpc) is 2.90. The number of rotatable bonds is 2. The highest BCUT2D eigenvalue weighted by Gasteiger charge is 2.29. The van der Waals surface area contributed by atoms with E-state index in [1.165, 1.54) is 29.0 Å². The lowest BCUT2D eigenvalue weighted by atomic mass is 9.86. The van der Waals surface area contributed by atoms with Crippen LogP contribution in [-0.2, 0) is 9.53 Å². The predicted octanol–water partition coefficient (Wildman–Crippen LogP) is 3.76. The average molecular weight is 252 g/mol. The Morgan fingerprint density at radius 2 is 2.00 bits per heavy atom. The zero-order chi connectivity index (χ0) is 13.4. The van der Waals surface area contributed by atoms with Gasteiger partial charge in [-0.3, -0.25) is 4.79 Å². The van der Waals surface area contributed by atoms with Crippen LogP contribution in [0.3, 0.4) is 0 Å². The Balaban J connectivity index is 2.15. The molecule has 0 saturated heterocycles. The van der Waals surface area contributed by atoms with Crippen LogP contribution in [0.4, 0.5) is 0 Å². The number of hydrogen-bond donors (Lipinski definition) is 0. The fourth-order valence-corrected chi connectivity index (χ4v) is 2.88. The second kappa shape index (κ2) is 4.54. The van der Waals surface area contributed by atoms with Gasteiger partial charge in [-0.25, -0.2) is 0 Å². The summed E-state index contributed by atoms with van der Waals surface area (Å²) in [7, 11) is 1.45. The van der Waals surface area contributed by atoms with E-state index in [4.69, 9.17) is 4.74 Å². The third kappa shape index (κ3) is 1.84. The molecule has 1 aliphatic rings. The van der Waals surface area contributed by atoms with Crippen molar-refractivity contribution in [1.29, 1.82) is 0 Å². The molecule has 2 aromatic carbocycles. The summed E-state index contributed by atoms with van der Waals surface area (Å²) in [6, 6.07) is 12.6. The molecule has 96 valence electrons. The van der Waals surface area contributed by atoms with Gasteiger partial charge >= 0.3 is 5.97 Å². The van der Waals surface area contributed by atoms with Gasteiger partial charge in [0.2, 0.25) is 0 Å². The van der Waals surface area contributed by atoms with Gasteiger partial charge in [0, 0.05) is 5.92 Å². The van der Waals surface area contributed by atoms with Crippen molar-refractivity contribution < 1.29 is 9.53 Å². The number of benzene rings is 2. The molecule has 2 nitrogen and oxygen atoms in total. The summed E-state index contributed by atoms with van der Waals surface area (Å²) < 4.78 is 4.88. The molecule has 0 aliphatic heterocycles. The molecule has 0 heterocycles. The van der Waals surface area contributed by atoms with Crippen LogP contribution in [0.5, 0.6) is 0 Å². The maximum Gasteiger partial charge on any atom is 0.309 e.